The van der Waals surface area contributed by atoms with Crippen molar-refractivity contribution in [1.29, 1.82) is 0 Å². The SMILES string of the molecule is O=C(NCc1cccc(Br)c1)Nc1ccco1. The summed E-state index contributed by atoms with van der Waals surface area (Å²) in [6, 6.07) is 10.9. The van der Waals surface area contributed by atoms with Crippen LogP contribution in [0.5, 0.6) is 0 Å². The van der Waals surface area contributed by atoms with Gasteiger partial charge in [0, 0.05) is 17.1 Å². The molecule has 1 heterocycles. The second kappa shape index (κ2) is 5.54. The molecular formula is C12H11BrN2O2. The molecule has 0 saturated carbocycles. The Morgan fingerprint density at radius 1 is 1.29 bits per heavy atom. The number of benzene rings is 1. The minimum Gasteiger partial charge on any atom is -0.449 e. The van der Waals surface area contributed by atoms with Gasteiger partial charge in [0.2, 0.25) is 5.88 Å². The summed E-state index contributed by atoms with van der Waals surface area (Å²) >= 11 is 3.37. The molecule has 2 N–H and O–H groups in total. The van der Waals surface area contributed by atoms with Crippen LogP contribution in [0.4, 0.5) is 10.7 Å². The average Bonchev–Trinajstić information content (AvgIpc) is 2.79. The van der Waals surface area contributed by atoms with Crippen LogP contribution in [0.1, 0.15) is 5.56 Å². The number of nitrogens with one attached hydrogen (secondary N) is 2. The van der Waals surface area contributed by atoms with Gasteiger partial charge in [-0.3, -0.25) is 5.32 Å². The van der Waals surface area contributed by atoms with Crippen LogP contribution in [0.3, 0.4) is 0 Å². The Morgan fingerprint density at radius 3 is 2.88 bits per heavy atom. The van der Waals surface area contributed by atoms with Crippen molar-refractivity contribution in [3.05, 3.63) is 52.7 Å². The highest BCUT2D eigenvalue weighted by molar-refractivity contribution is 9.10. The van der Waals surface area contributed by atoms with E-state index in [0.29, 0.717) is 12.4 Å². The van der Waals surface area contributed by atoms with Crippen molar-refractivity contribution in [2.24, 2.45) is 0 Å². The number of hydrogen-bond donors (Lipinski definition) is 2. The Kier molecular flexibility index (Phi) is 3.82. The van der Waals surface area contributed by atoms with E-state index in [2.05, 4.69) is 26.6 Å². The lowest BCUT2D eigenvalue weighted by atomic mass is 10.2. The number of amides is 2. The molecule has 0 saturated heterocycles. The fraction of sp³-hybridized carbons (Fsp3) is 0.0833. The Hall–Kier alpha value is -1.75. The van der Waals surface area contributed by atoms with Gasteiger partial charge in [0.25, 0.3) is 0 Å². The van der Waals surface area contributed by atoms with E-state index < -0.39 is 0 Å². The predicted molar refractivity (Wildman–Crippen MR) is 68.7 cm³/mol. The van der Waals surface area contributed by atoms with Crippen molar-refractivity contribution in [2.45, 2.75) is 6.54 Å². The van der Waals surface area contributed by atoms with Crippen LogP contribution in [-0.4, -0.2) is 6.03 Å². The Bertz CT molecular complexity index is 497. The minimum absolute atomic E-state index is 0.292. The van der Waals surface area contributed by atoms with Gasteiger partial charge in [-0.05, 0) is 23.8 Å². The molecule has 4 nitrogen and oxygen atoms in total. The van der Waals surface area contributed by atoms with Gasteiger partial charge in [-0.1, -0.05) is 28.1 Å². The third kappa shape index (κ3) is 3.64. The molecule has 2 rings (SSSR count). The molecule has 0 aliphatic heterocycles. The number of carbonyl (C=O) groups excluding carboxylic acids is 1. The standard InChI is InChI=1S/C12H11BrN2O2/c13-10-4-1-3-9(7-10)8-14-12(16)15-11-5-2-6-17-11/h1-7H,8H2,(H2,14,15,16). The third-order valence-corrected chi connectivity index (χ3v) is 2.59. The highest BCUT2D eigenvalue weighted by atomic mass is 79.9. The van der Waals surface area contributed by atoms with E-state index in [-0.39, 0.29) is 6.03 Å². The molecule has 1 aromatic carbocycles. The normalized spacial score (nSPS) is 9.94. The van der Waals surface area contributed by atoms with Crippen molar-refractivity contribution >= 4 is 27.8 Å². The maximum Gasteiger partial charge on any atom is 0.321 e. The third-order valence-electron chi connectivity index (χ3n) is 2.10. The molecule has 2 aromatic rings. The van der Waals surface area contributed by atoms with Crippen LogP contribution in [0.15, 0.2) is 51.6 Å². The molecule has 0 atom stereocenters. The van der Waals surface area contributed by atoms with Crippen LogP contribution in [-0.2, 0) is 6.54 Å². The first-order valence-electron chi connectivity index (χ1n) is 5.07. The highest BCUT2D eigenvalue weighted by Crippen LogP contribution is 2.11. The van der Waals surface area contributed by atoms with Gasteiger partial charge in [-0.25, -0.2) is 4.79 Å². The van der Waals surface area contributed by atoms with E-state index in [1.165, 1.54) is 6.26 Å². The molecule has 0 unspecified atom stereocenters. The molecule has 17 heavy (non-hydrogen) atoms. The number of anilines is 1. The van der Waals surface area contributed by atoms with Crippen LogP contribution >= 0.6 is 15.9 Å². The molecule has 5 heteroatoms. The summed E-state index contributed by atoms with van der Waals surface area (Å²) in [6.45, 7) is 0.464. The number of carbonyl (C=O) groups is 1. The Labute approximate surface area is 107 Å². The first kappa shape index (κ1) is 11.7. The molecule has 0 bridgehead atoms. The number of urea groups is 1. The fourth-order valence-electron chi connectivity index (χ4n) is 1.34. The molecule has 0 spiro atoms. The van der Waals surface area contributed by atoms with Crippen LogP contribution < -0.4 is 10.6 Å². The molecule has 0 radical (unpaired) electrons. The molecule has 88 valence electrons. The van der Waals surface area contributed by atoms with Crippen molar-refractivity contribution in [3.63, 3.8) is 0 Å². The van der Waals surface area contributed by atoms with Crippen LogP contribution in [0, 0.1) is 0 Å². The quantitative estimate of drug-likeness (QED) is 0.912. The summed E-state index contributed by atoms with van der Waals surface area (Å²) in [5.74, 6) is 0.428. The zero-order valence-corrected chi connectivity index (χ0v) is 10.5. The lowest BCUT2D eigenvalue weighted by Crippen LogP contribution is -2.27. The maximum absolute atomic E-state index is 11.5. The van der Waals surface area contributed by atoms with Crippen LogP contribution in [0.2, 0.25) is 0 Å². The molecule has 0 fully saturated rings. The van der Waals surface area contributed by atoms with E-state index in [1.807, 2.05) is 24.3 Å². The predicted octanol–water partition coefficient (Wildman–Crippen LogP) is 3.36. The highest BCUT2D eigenvalue weighted by Gasteiger charge is 2.03. The fourth-order valence-corrected chi connectivity index (χ4v) is 1.78. The van der Waals surface area contributed by atoms with Crippen molar-refractivity contribution in [1.82, 2.24) is 5.32 Å². The number of hydrogen-bond acceptors (Lipinski definition) is 2. The first-order valence-corrected chi connectivity index (χ1v) is 5.86. The molecule has 2 amide bonds. The summed E-state index contributed by atoms with van der Waals surface area (Å²) in [7, 11) is 0. The molecule has 1 aromatic heterocycles. The molecule has 0 aliphatic carbocycles. The second-order valence-corrected chi connectivity index (χ2v) is 4.33. The smallest absolute Gasteiger partial charge is 0.321 e. The van der Waals surface area contributed by atoms with Gasteiger partial charge in [-0.2, -0.15) is 0 Å². The van der Waals surface area contributed by atoms with Gasteiger partial charge < -0.3 is 9.73 Å². The van der Waals surface area contributed by atoms with Crippen molar-refractivity contribution < 1.29 is 9.21 Å². The van der Waals surface area contributed by atoms with E-state index in [0.717, 1.165) is 10.0 Å². The van der Waals surface area contributed by atoms with E-state index in [1.54, 1.807) is 12.1 Å². The number of furan rings is 1. The van der Waals surface area contributed by atoms with Gasteiger partial charge >= 0.3 is 6.03 Å². The van der Waals surface area contributed by atoms with E-state index in [9.17, 15) is 4.79 Å². The number of halogens is 1. The summed E-state index contributed by atoms with van der Waals surface area (Å²) in [5, 5.41) is 5.31. The van der Waals surface area contributed by atoms with Crippen LogP contribution in [0.25, 0.3) is 0 Å². The molecule has 0 aliphatic rings. The zero-order valence-electron chi connectivity index (χ0n) is 8.94. The average molecular weight is 295 g/mol. The van der Waals surface area contributed by atoms with Gasteiger partial charge in [0.05, 0.1) is 6.26 Å². The second-order valence-electron chi connectivity index (χ2n) is 3.41. The van der Waals surface area contributed by atoms with Gasteiger partial charge in [-0.15, -0.1) is 0 Å². The van der Waals surface area contributed by atoms with Crippen molar-refractivity contribution in [3.8, 4) is 0 Å². The summed E-state index contributed by atoms with van der Waals surface area (Å²) in [4.78, 5) is 11.5. The van der Waals surface area contributed by atoms with E-state index in [4.69, 9.17) is 4.42 Å². The summed E-state index contributed by atoms with van der Waals surface area (Å²) in [6.07, 6.45) is 1.50. The summed E-state index contributed by atoms with van der Waals surface area (Å²) in [5.41, 5.74) is 1.02. The number of rotatable bonds is 3. The van der Waals surface area contributed by atoms with E-state index >= 15 is 0 Å². The lowest BCUT2D eigenvalue weighted by molar-refractivity contribution is 0.251. The minimum atomic E-state index is -0.292. The van der Waals surface area contributed by atoms with Gasteiger partial charge in [0.15, 0.2) is 0 Å². The lowest BCUT2D eigenvalue weighted by Gasteiger charge is -2.05. The topological polar surface area (TPSA) is 54.3 Å². The van der Waals surface area contributed by atoms with Gasteiger partial charge in [0.1, 0.15) is 0 Å². The monoisotopic (exact) mass is 294 g/mol. The molecular weight excluding hydrogens is 284 g/mol. The zero-order chi connectivity index (χ0) is 12.1. The largest absolute Gasteiger partial charge is 0.449 e. The summed E-state index contributed by atoms with van der Waals surface area (Å²) < 4.78 is 5.98. The Morgan fingerprint density at radius 2 is 2.18 bits per heavy atom. The van der Waals surface area contributed by atoms with Crippen molar-refractivity contribution in [2.75, 3.05) is 5.32 Å². The Balaban J connectivity index is 1.84. The first-order chi connectivity index (χ1) is 8.24. The maximum atomic E-state index is 11.5.